The van der Waals surface area contributed by atoms with Gasteiger partial charge in [0.25, 0.3) is 5.56 Å². The van der Waals surface area contributed by atoms with Crippen molar-refractivity contribution < 1.29 is 24.1 Å². The second-order valence-corrected chi connectivity index (χ2v) is 9.74. The molecule has 0 bridgehead atoms. The Labute approximate surface area is 216 Å². The smallest absolute Gasteiger partial charge is 0.338 e. The summed E-state index contributed by atoms with van der Waals surface area (Å²) in [7, 11) is 2.88. The summed E-state index contributed by atoms with van der Waals surface area (Å²) in [6.07, 6.45) is 3.67. The van der Waals surface area contributed by atoms with Gasteiger partial charge in [0.2, 0.25) is 5.75 Å². The van der Waals surface area contributed by atoms with Crippen LogP contribution in [-0.4, -0.2) is 42.7 Å². The normalized spacial score (nSPS) is 15.4. The molecule has 2 aromatic carbocycles. The molecule has 0 radical (unpaired) electrons. The molecule has 1 aliphatic heterocycles. The predicted octanol–water partition coefficient (Wildman–Crippen LogP) is 3.24. The number of hydrogen-bond acceptors (Lipinski definition) is 9. The third kappa shape index (κ3) is 4.66. The number of hydrogen-bond donors (Lipinski definition) is 1. The van der Waals surface area contributed by atoms with Gasteiger partial charge in [0.05, 0.1) is 42.7 Å². The Kier molecular flexibility index (Phi) is 7.56. The molecule has 3 aromatic rings. The fraction of sp³-hybridized carbons (Fsp3) is 0.269. The molecule has 0 saturated carbocycles. The van der Waals surface area contributed by atoms with Gasteiger partial charge in [-0.1, -0.05) is 23.5 Å². The molecule has 0 aliphatic carbocycles. The van der Waals surface area contributed by atoms with E-state index in [2.05, 4.69) is 4.99 Å². The van der Waals surface area contributed by atoms with Crippen LogP contribution in [0.1, 0.15) is 31.0 Å². The maximum atomic E-state index is 13.7. The number of thioether (sulfide) groups is 1. The summed E-state index contributed by atoms with van der Waals surface area (Å²) in [5.41, 5.74) is 1.94. The first-order valence-electron chi connectivity index (χ1n) is 11.1. The zero-order valence-corrected chi connectivity index (χ0v) is 22.2. The minimum Gasteiger partial charge on any atom is -0.502 e. The summed E-state index contributed by atoms with van der Waals surface area (Å²) in [5.74, 6) is -0.178. The molecular weight excluding hydrogens is 500 g/mol. The van der Waals surface area contributed by atoms with Gasteiger partial charge in [-0.25, -0.2) is 9.79 Å². The molecule has 0 unspecified atom stereocenters. The molecule has 36 heavy (non-hydrogen) atoms. The Morgan fingerprint density at radius 1 is 1.19 bits per heavy atom. The molecule has 0 fully saturated rings. The lowest BCUT2D eigenvalue weighted by molar-refractivity contribution is -0.139. The number of fused-ring (bicyclic) bond motifs is 1. The first kappa shape index (κ1) is 25.6. The highest BCUT2D eigenvalue weighted by Gasteiger charge is 2.33. The Morgan fingerprint density at radius 3 is 2.39 bits per heavy atom. The van der Waals surface area contributed by atoms with E-state index in [-0.39, 0.29) is 29.4 Å². The van der Waals surface area contributed by atoms with E-state index in [1.54, 1.807) is 48.4 Å². The number of carbonyl (C=O) groups excluding carboxylic acids is 1. The first-order chi connectivity index (χ1) is 17.3. The van der Waals surface area contributed by atoms with Gasteiger partial charge in [0.15, 0.2) is 16.3 Å². The van der Waals surface area contributed by atoms with E-state index in [1.807, 2.05) is 30.5 Å². The average molecular weight is 527 g/mol. The van der Waals surface area contributed by atoms with Gasteiger partial charge in [-0.05, 0) is 61.6 Å². The molecule has 10 heteroatoms. The molecule has 1 N–H and O–H groups in total. The molecule has 0 amide bonds. The molecule has 1 aliphatic rings. The average Bonchev–Trinajstić information content (AvgIpc) is 3.18. The van der Waals surface area contributed by atoms with Gasteiger partial charge in [0, 0.05) is 4.90 Å². The summed E-state index contributed by atoms with van der Waals surface area (Å²) >= 11 is 2.83. The summed E-state index contributed by atoms with van der Waals surface area (Å²) in [4.78, 5) is 32.9. The van der Waals surface area contributed by atoms with E-state index in [4.69, 9.17) is 14.2 Å². The molecule has 0 saturated heterocycles. The zero-order chi connectivity index (χ0) is 26.0. The van der Waals surface area contributed by atoms with Crippen molar-refractivity contribution in [1.82, 2.24) is 4.57 Å². The van der Waals surface area contributed by atoms with Crippen LogP contribution in [0.4, 0.5) is 0 Å². The molecular formula is C26H26N2O6S2. The van der Waals surface area contributed by atoms with Crippen LogP contribution in [0.25, 0.3) is 6.08 Å². The number of methoxy groups -OCH3 is 2. The van der Waals surface area contributed by atoms with E-state index in [0.29, 0.717) is 26.2 Å². The number of nitrogens with zero attached hydrogens (tertiary/aromatic N) is 2. The maximum absolute atomic E-state index is 13.7. The van der Waals surface area contributed by atoms with Crippen LogP contribution < -0.4 is 24.4 Å². The summed E-state index contributed by atoms with van der Waals surface area (Å²) in [6.45, 7) is 3.70. The number of allylic oxidation sites excluding steroid dienone is 1. The van der Waals surface area contributed by atoms with Crippen LogP contribution >= 0.6 is 23.1 Å². The highest BCUT2D eigenvalue weighted by molar-refractivity contribution is 7.98. The highest BCUT2D eigenvalue weighted by Crippen LogP contribution is 2.37. The number of rotatable bonds is 7. The fourth-order valence-corrected chi connectivity index (χ4v) is 5.50. The zero-order valence-electron chi connectivity index (χ0n) is 20.5. The molecule has 188 valence electrons. The van der Waals surface area contributed by atoms with Crippen LogP contribution in [0.15, 0.2) is 62.4 Å². The van der Waals surface area contributed by atoms with E-state index in [9.17, 15) is 14.7 Å². The van der Waals surface area contributed by atoms with Crippen LogP contribution in [-0.2, 0) is 9.53 Å². The highest BCUT2D eigenvalue weighted by atomic mass is 32.2. The number of ether oxygens (including phenoxy) is 3. The van der Waals surface area contributed by atoms with Gasteiger partial charge < -0.3 is 19.3 Å². The summed E-state index contributed by atoms with van der Waals surface area (Å²) in [5, 5.41) is 10.2. The number of phenolic OH excluding ortho intramolecular Hbond substituents is 1. The monoisotopic (exact) mass is 526 g/mol. The molecule has 1 aromatic heterocycles. The molecule has 4 rings (SSSR count). The van der Waals surface area contributed by atoms with Gasteiger partial charge in [-0.2, -0.15) is 0 Å². The minimum absolute atomic E-state index is 0.123. The number of esters is 1. The minimum atomic E-state index is -0.678. The summed E-state index contributed by atoms with van der Waals surface area (Å²) < 4.78 is 17.8. The third-order valence-electron chi connectivity index (χ3n) is 5.75. The standard InChI is InChI=1S/C26H26N2O6S2/c1-6-34-25(31)21-14(2)27-26-28(22(21)16-7-9-17(35-5)10-8-16)24(30)20(36-26)13-15-11-18(32-3)23(29)19(12-15)33-4/h7-13,22,29H,6H2,1-5H3/b20-13+/t22-/m0/s1. The maximum Gasteiger partial charge on any atom is 0.338 e. The lowest BCUT2D eigenvalue weighted by Gasteiger charge is -2.24. The van der Waals surface area contributed by atoms with E-state index >= 15 is 0 Å². The van der Waals surface area contributed by atoms with Gasteiger partial charge in [-0.3, -0.25) is 9.36 Å². The molecule has 1 atom stereocenters. The Bertz CT molecular complexity index is 1490. The van der Waals surface area contributed by atoms with Crippen molar-refractivity contribution in [2.45, 2.75) is 24.8 Å². The quantitative estimate of drug-likeness (QED) is 0.373. The molecule has 0 spiro atoms. The van der Waals surface area contributed by atoms with E-state index < -0.39 is 12.0 Å². The predicted molar refractivity (Wildman–Crippen MR) is 140 cm³/mol. The third-order valence-corrected chi connectivity index (χ3v) is 7.47. The Balaban J connectivity index is 1.94. The number of benzene rings is 2. The van der Waals surface area contributed by atoms with Crippen LogP contribution in [0, 0.1) is 0 Å². The Hall–Kier alpha value is -3.50. The SMILES string of the molecule is CCOC(=O)C1=C(C)N=c2s/c(=C/c3cc(OC)c(O)c(OC)c3)c(=O)n2[C@H]1c1ccc(SC)cc1. The van der Waals surface area contributed by atoms with Gasteiger partial charge in [-0.15, -0.1) is 11.8 Å². The van der Waals surface area contributed by atoms with Crippen LogP contribution in [0.5, 0.6) is 17.2 Å². The number of aromatic nitrogens is 1. The van der Waals surface area contributed by atoms with Crippen LogP contribution in [0.3, 0.4) is 0 Å². The number of aromatic hydroxyl groups is 1. The first-order valence-corrected chi connectivity index (χ1v) is 13.2. The van der Waals surface area contributed by atoms with E-state index in [1.165, 1.54) is 25.6 Å². The van der Waals surface area contributed by atoms with Crippen LogP contribution in [0.2, 0.25) is 0 Å². The van der Waals surface area contributed by atoms with Crippen molar-refractivity contribution in [3.63, 3.8) is 0 Å². The van der Waals surface area contributed by atoms with Crippen molar-refractivity contribution in [3.05, 3.63) is 78.5 Å². The number of thiazole rings is 1. The second kappa shape index (κ2) is 10.6. The molecule has 8 nitrogen and oxygen atoms in total. The number of carbonyl (C=O) groups is 1. The lowest BCUT2D eigenvalue weighted by Crippen LogP contribution is -2.39. The lowest BCUT2D eigenvalue weighted by atomic mass is 9.96. The van der Waals surface area contributed by atoms with Crippen molar-refractivity contribution in [1.29, 1.82) is 0 Å². The van der Waals surface area contributed by atoms with Crippen molar-refractivity contribution in [2.75, 3.05) is 27.1 Å². The van der Waals surface area contributed by atoms with E-state index in [0.717, 1.165) is 10.5 Å². The molecule has 2 heterocycles. The van der Waals surface area contributed by atoms with Gasteiger partial charge in [0.1, 0.15) is 0 Å². The Morgan fingerprint density at radius 2 is 1.83 bits per heavy atom. The van der Waals surface area contributed by atoms with Crippen molar-refractivity contribution in [2.24, 2.45) is 4.99 Å². The van der Waals surface area contributed by atoms with Crippen molar-refractivity contribution in [3.8, 4) is 17.2 Å². The second-order valence-electron chi connectivity index (χ2n) is 7.85. The number of phenols is 1. The fourth-order valence-electron chi connectivity index (χ4n) is 4.04. The topological polar surface area (TPSA) is 99.4 Å². The summed E-state index contributed by atoms with van der Waals surface area (Å²) in [6, 6.07) is 10.3. The van der Waals surface area contributed by atoms with Gasteiger partial charge >= 0.3 is 5.97 Å². The largest absolute Gasteiger partial charge is 0.502 e. The van der Waals surface area contributed by atoms with Crippen molar-refractivity contribution >= 4 is 35.1 Å².